The average molecular weight is 124 g/mol. The molecule has 0 heterocycles. The van der Waals surface area contributed by atoms with Gasteiger partial charge in [0, 0.05) is 0 Å². The van der Waals surface area contributed by atoms with E-state index >= 15 is 0 Å². The van der Waals surface area contributed by atoms with Gasteiger partial charge in [0.1, 0.15) is 6.61 Å². The SMILES string of the molecule is C#CCOC(C)CC=C. The van der Waals surface area contributed by atoms with Crippen molar-refractivity contribution in [3.63, 3.8) is 0 Å². The normalized spacial score (nSPS) is 12.0. The van der Waals surface area contributed by atoms with Crippen molar-refractivity contribution in [3.8, 4) is 12.3 Å². The van der Waals surface area contributed by atoms with E-state index < -0.39 is 0 Å². The van der Waals surface area contributed by atoms with Crippen LogP contribution in [-0.4, -0.2) is 12.7 Å². The minimum absolute atomic E-state index is 0.207. The third-order valence-electron chi connectivity index (χ3n) is 0.950. The fourth-order valence-electron chi connectivity index (χ4n) is 0.493. The Balaban J connectivity index is 3.17. The highest BCUT2D eigenvalue weighted by Crippen LogP contribution is 1.95. The molecule has 0 amide bonds. The maximum atomic E-state index is 5.12. The molecule has 0 aromatic rings. The third kappa shape index (κ3) is 5.13. The highest BCUT2D eigenvalue weighted by Gasteiger charge is 1.94. The molecule has 1 unspecified atom stereocenters. The molecule has 1 nitrogen and oxygen atoms in total. The Morgan fingerprint density at radius 1 is 1.89 bits per heavy atom. The summed E-state index contributed by atoms with van der Waals surface area (Å²) in [5, 5.41) is 0. The van der Waals surface area contributed by atoms with Gasteiger partial charge in [0.15, 0.2) is 0 Å². The highest BCUT2D eigenvalue weighted by atomic mass is 16.5. The number of ether oxygens (including phenoxy) is 1. The van der Waals surface area contributed by atoms with Crippen molar-refractivity contribution in [2.75, 3.05) is 6.61 Å². The van der Waals surface area contributed by atoms with Crippen molar-refractivity contribution < 1.29 is 4.74 Å². The molecule has 0 saturated carbocycles. The zero-order chi connectivity index (χ0) is 7.11. The largest absolute Gasteiger partial charge is 0.366 e. The van der Waals surface area contributed by atoms with E-state index in [1.54, 1.807) is 0 Å². The van der Waals surface area contributed by atoms with Crippen molar-refractivity contribution in [2.45, 2.75) is 19.4 Å². The van der Waals surface area contributed by atoms with Gasteiger partial charge in [-0.15, -0.1) is 13.0 Å². The first-order valence-electron chi connectivity index (χ1n) is 2.97. The highest BCUT2D eigenvalue weighted by molar-refractivity contribution is 4.83. The summed E-state index contributed by atoms with van der Waals surface area (Å²) in [7, 11) is 0. The summed E-state index contributed by atoms with van der Waals surface area (Å²) in [6, 6.07) is 0. The standard InChI is InChI=1S/C8H12O/c1-4-6-8(3)9-7-5-2/h2,4,8H,1,6-7H2,3H3. The Bertz CT molecular complexity index is 110. The molecule has 0 aromatic carbocycles. The summed E-state index contributed by atoms with van der Waals surface area (Å²) in [6.45, 7) is 5.95. The summed E-state index contributed by atoms with van der Waals surface area (Å²) in [5.74, 6) is 2.40. The second kappa shape index (κ2) is 5.40. The van der Waals surface area contributed by atoms with E-state index in [9.17, 15) is 0 Å². The first-order chi connectivity index (χ1) is 4.31. The number of hydrogen-bond donors (Lipinski definition) is 0. The van der Waals surface area contributed by atoms with Crippen LogP contribution in [0.1, 0.15) is 13.3 Å². The monoisotopic (exact) mass is 124 g/mol. The summed E-state index contributed by atoms with van der Waals surface area (Å²) < 4.78 is 5.12. The lowest BCUT2D eigenvalue weighted by Gasteiger charge is -2.05. The first-order valence-corrected chi connectivity index (χ1v) is 2.97. The summed E-state index contributed by atoms with van der Waals surface area (Å²) >= 11 is 0. The molecule has 0 fully saturated rings. The van der Waals surface area contributed by atoms with Crippen LogP contribution in [0, 0.1) is 12.3 Å². The molecule has 0 aliphatic heterocycles. The second-order valence-electron chi connectivity index (χ2n) is 1.85. The zero-order valence-electron chi connectivity index (χ0n) is 5.76. The topological polar surface area (TPSA) is 9.23 Å². The van der Waals surface area contributed by atoms with Gasteiger partial charge < -0.3 is 4.74 Å². The Kier molecular flexibility index (Phi) is 4.95. The van der Waals surface area contributed by atoms with Gasteiger partial charge >= 0.3 is 0 Å². The summed E-state index contributed by atoms with van der Waals surface area (Å²) in [6.07, 6.45) is 7.86. The minimum Gasteiger partial charge on any atom is -0.366 e. The minimum atomic E-state index is 0.207. The number of terminal acetylenes is 1. The van der Waals surface area contributed by atoms with E-state index in [1.165, 1.54) is 0 Å². The molecule has 0 bridgehead atoms. The molecular weight excluding hydrogens is 112 g/mol. The van der Waals surface area contributed by atoms with Crippen LogP contribution in [0.2, 0.25) is 0 Å². The van der Waals surface area contributed by atoms with E-state index in [2.05, 4.69) is 12.5 Å². The smallest absolute Gasteiger partial charge is 0.107 e. The lowest BCUT2D eigenvalue weighted by Crippen LogP contribution is -2.06. The van der Waals surface area contributed by atoms with Crippen LogP contribution >= 0.6 is 0 Å². The van der Waals surface area contributed by atoms with Crippen LogP contribution in [0.25, 0.3) is 0 Å². The predicted octanol–water partition coefficient (Wildman–Crippen LogP) is 1.60. The number of hydrogen-bond acceptors (Lipinski definition) is 1. The molecule has 1 atom stereocenters. The summed E-state index contributed by atoms with van der Waals surface area (Å²) in [4.78, 5) is 0. The zero-order valence-corrected chi connectivity index (χ0v) is 5.76. The van der Waals surface area contributed by atoms with E-state index in [0.29, 0.717) is 6.61 Å². The number of rotatable bonds is 4. The summed E-state index contributed by atoms with van der Waals surface area (Å²) in [5.41, 5.74) is 0. The van der Waals surface area contributed by atoms with Crippen LogP contribution in [0.4, 0.5) is 0 Å². The quantitative estimate of drug-likeness (QED) is 0.408. The fraction of sp³-hybridized carbons (Fsp3) is 0.500. The van der Waals surface area contributed by atoms with Crippen LogP contribution < -0.4 is 0 Å². The first kappa shape index (κ1) is 8.26. The molecule has 0 aromatic heterocycles. The molecule has 0 spiro atoms. The van der Waals surface area contributed by atoms with Gasteiger partial charge in [0.2, 0.25) is 0 Å². The van der Waals surface area contributed by atoms with Gasteiger partial charge in [-0.05, 0) is 13.3 Å². The molecule has 0 aliphatic carbocycles. The molecule has 0 rings (SSSR count). The van der Waals surface area contributed by atoms with E-state index in [1.807, 2.05) is 13.0 Å². The van der Waals surface area contributed by atoms with Gasteiger partial charge in [0.05, 0.1) is 6.10 Å². The predicted molar refractivity (Wildman–Crippen MR) is 39.1 cm³/mol. The fourth-order valence-corrected chi connectivity index (χ4v) is 0.493. The van der Waals surface area contributed by atoms with Crippen molar-refractivity contribution in [3.05, 3.63) is 12.7 Å². The van der Waals surface area contributed by atoms with Crippen LogP contribution in [0.3, 0.4) is 0 Å². The van der Waals surface area contributed by atoms with Gasteiger partial charge in [-0.3, -0.25) is 0 Å². The Labute approximate surface area is 56.7 Å². The Hall–Kier alpha value is -0.740. The lowest BCUT2D eigenvalue weighted by atomic mass is 10.3. The molecule has 0 N–H and O–H groups in total. The van der Waals surface area contributed by atoms with Crippen LogP contribution in [-0.2, 0) is 4.74 Å². The van der Waals surface area contributed by atoms with Crippen molar-refractivity contribution in [1.82, 2.24) is 0 Å². The third-order valence-corrected chi connectivity index (χ3v) is 0.950. The lowest BCUT2D eigenvalue weighted by molar-refractivity contribution is 0.0947. The molecule has 0 saturated heterocycles. The average Bonchev–Trinajstić information content (AvgIpc) is 1.85. The van der Waals surface area contributed by atoms with Gasteiger partial charge in [-0.1, -0.05) is 12.0 Å². The molecule has 0 radical (unpaired) electrons. The maximum Gasteiger partial charge on any atom is 0.107 e. The molecule has 1 heteroatoms. The van der Waals surface area contributed by atoms with E-state index in [0.717, 1.165) is 6.42 Å². The van der Waals surface area contributed by atoms with Gasteiger partial charge in [-0.25, -0.2) is 0 Å². The molecule has 50 valence electrons. The van der Waals surface area contributed by atoms with Crippen molar-refractivity contribution in [1.29, 1.82) is 0 Å². The van der Waals surface area contributed by atoms with Crippen LogP contribution in [0.15, 0.2) is 12.7 Å². The van der Waals surface area contributed by atoms with Gasteiger partial charge in [0.25, 0.3) is 0 Å². The molecular formula is C8H12O. The van der Waals surface area contributed by atoms with Crippen LogP contribution in [0.5, 0.6) is 0 Å². The molecule has 9 heavy (non-hydrogen) atoms. The Morgan fingerprint density at radius 2 is 2.56 bits per heavy atom. The van der Waals surface area contributed by atoms with E-state index in [4.69, 9.17) is 11.2 Å². The van der Waals surface area contributed by atoms with Crippen molar-refractivity contribution in [2.24, 2.45) is 0 Å². The van der Waals surface area contributed by atoms with Crippen molar-refractivity contribution >= 4 is 0 Å². The second-order valence-corrected chi connectivity index (χ2v) is 1.85. The van der Waals surface area contributed by atoms with E-state index in [-0.39, 0.29) is 6.10 Å². The van der Waals surface area contributed by atoms with Gasteiger partial charge in [-0.2, -0.15) is 0 Å². The maximum absolute atomic E-state index is 5.12. The molecule has 0 aliphatic rings. The Morgan fingerprint density at radius 3 is 3.00 bits per heavy atom.